The highest BCUT2D eigenvalue weighted by Crippen LogP contribution is 2.62. The predicted molar refractivity (Wildman–Crippen MR) is 287 cm³/mol. The normalized spacial score (nSPS) is 21.7. The lowest BCUT2D eigenvalue weighted by molar-refractivity contribution is -0.256. The zero-order valence-corrected chi connectivity index (χ0v) is 43.9. The Hall–Kier alpha value is -5.17. The van der Waals surface area contributed by atoms with E-state index in [9.17, 15) is 19.8 Å². The second-order valence-corrected chi connectivity index (χ2v) is 20.9. The number of oxime groups is 1. The molecule has 1 heterocycles. The van der Waals surface area contributed by atoms with Crippen molar-refractivity contribution in [3.8, 4) is 11.5 Å². The van der Waals surface area contributed by atoms with E-state index in [1.165, 1.54) is 44.9 Å². The van der Waals surface area contributed by atoms with Crippen LogP contribution in [0.5, 0.6) is 11.5 Å². The molecule has 3 N–H and O–H groups in total. The van der Waals surface area contributed by atoms with Gasteiger partial charge in [-0.1, -0.05) is 143 Å². The summed E-state index contributed by atoms with van der Waals surface area (Å²) < 4.78 is 26.8. The summed E-state index contributed by atoms with van der Waals surface area (Å²) in [5.74, 6) is -1.43. The summed E-state index contributed by atoms with van der Waals surface area (Å²) in [6.07, 6.45) is 21.9. The molecule has 12 nitrogen and oxygen atoms in total. The van der Waals surface area contributed by atoms with Crippen molar-refractivity contribution >= 4 is 28.7 Å². The zero-order chi connectivity index (χ0) is 51.4. The summed E-state index contributed by atoms with van der Waals surface area (Å²) in [6.45, 7) is 17.2. The van der Waals surface area contributed by atoms with Crippen molar-refractivity contribution in [3.05, 3.63) is 109 Å². The standard InChI is InChI=1S/C60H85N3O9/c1-7-10-12-13-14-15-16-17-18-23-35-61-57(66)70-47-33-34-53-51(41-47)55-49(32-22-25-37-65)45(28-21-24-36-64)40-50-52(62-72-59(4,5)6)42-54(60(71-53,56(50)55)69-38-9-3)63(58(67)68-39-11-8-2)43-46-30-26-29-44-27-19-20-31-48(44)46/h8-9,19-20,26-27,29-31,33-34,40-41,45,49,54-56,64-65H,2-3,7,10-18,21-25,28,32,35-39,42-43H2,1,4-6H3,(H,61,66)/t45-,49+,54-,55+,56+,60+/m0/s1. The fourth-order valence-corrected chi connectivity index (χ4v) is 11.1. The minimum absolute atomic E-state index is 0.0200. The first-order chi connectivity index (χ1) is 35.0. The minimum atomic E-state index is -1.51. The first-order valence-electron chi connectivity index (χ1n) is 27.2. The number of amides is 2. The molecule has 3 aromatic rings. The van der Waals surface area contributed by atoms with E-state index >= 15 is 0 Å². The van der Waals surface area contributed by atoms with E-state index in [4.69, 9.17) is 28.9 Å². The van der Waals surface area contributed by atoms with Gasteiger partial charge in [0.05, 0.1) is 31.4 Å². The summed E-state index contributed by atoms with van der Waals surface area (Å²) in [6, 6.07) is 19.0. The Labute approximate surface area is 430 Å². The minimum Gasteiger partial charge on any atom is -0.459 e. The van der Waals surface area contributed by atoms with E-state index in [2.05, 4.69) is 49.7 Å². The zero-order valence-electron chi connectivity index (χ0n) is 43.9. The van der Waals surface area contributed by atoms with Crippen LogP contribution >= 0.6 is 0 Å². The van der Waals surface area contributed by atoms with Crippen LogP contribution in [0.3, 0.4) is 0 Å². The monoisotopic (exact) mass is 992 g/mol. The van der Waals surface area contributed by atoms with Crippen LogP contribution in [0.1, 0.15) is 160 Å². The maximum absolute atomic E-state index is 15.0. The molecule has 1 saturated carbocycles. The topological polar surface area (TPSA) is 148 Å². The van der Waals surface area contributed by atoms with Gasteiger partial charge in [0.15, 0.2) is 0 Å². The van der Waals surface area contributed by atoms with E-state index in [1.54, 1.807) is 23.1 Å². The maximum Gasteiger partial charge on any atom is 0.412 e. The molecule has 0 bridgehead atoms. The molecule has 12 heteroatoms. The van der Waals surface area contributed by atoms with Crippen molar-refractivity contribution < 1.29 is 43.6 Å². The number of aliphatic hydroxyl groups excluding tert-OH is 2. The molecule has 6 atom stereocenters. The molecular weight excluding hydrogens is 907 g/mol. The lowest BCUT2D eigenvalue weighted by Gasteiger charge is -2.60. The van der Waals surface area contributed by atoms with Gasteiger partial charge < -0.3 is 39.3 Å². The van der Waals surface area contributed by atoms with Crippen molar-refractivity contribution in [1.82, 2.24) is 10.2 Å². The number of carbonyl (C=O) groups excluding carboxylic acids is 2. The summed E-state index contributed by atoms with van der Waals surface area (Å²) in [4.78, 5) is 36.5. The smallest absolute Gasteiger partial charge is 0.412 e. The Kier molecular flexibility index (Phi) is 22.1. The number of allylic oxidation sites excluding steroid dienone is 1. The Bertz CT molecular complexity index is 2260. The van der Waals surface area contributed by atoms with Gasteiger partial charge in [-0.05, 0) is 111 Å². The molecule has 3 aliphatic rings. The Morgan fingerprint density at radius 2 is 1.58 bits per heavy atom. The van der Waals surface area contributed by atoms with Gasteiger partial charge >= 0.3 is 12.2 Å². The highest BCUT2D eigenvalue weighted by atomic mass is 16.7. The summed E-state index contributed by atoms with van der Waals surface area (Å²) >= 11 is 0. The van der Waals surface area contributed by atoms with Gasteiger partial charge in [0, 0.05) is 37.7 Å². The van der Waals surface area contributed by atoms with Crippen LogP contribution in [0.15, 0.2) is 103 Å². The summed E-state index contributed by atoms with van der Waals surface area (Å²) in [7, 11) is 0. The summed E-state index contributed by atoms with van der Waals surface area (Å²) in [5.41, 5.74) is 2.73. The van der Waals surface area contributed by atoms with Gasteiger partial charge in [-0.25, -0.2) is 9.59 Å². The maximum atomic E-state index is 15.0. The number of ether oxygens (including phenoxy) is 4. The van der Waals surface area contributed by atoms with Crippen molar-refractivity contribution in [2.75, 3.05) is 33.0 Å². The van der Waals surface area contributed by atoms with Crippen LogP contribution in [-0.4, -0.2) is 83.4 Å². The molecule has 72 heavy (non-hydrogen) atoms. The number of fused-ring (bicyclic) bond motifs is 3. The number of nitrogens with one attached hydrogen (secondary N) is 1. The molecule has 6 rings (SSSR count). The second-order valence-electron chi connectivity index (χ2n) is 20.9. The van der Waals surface area contributed by atoms with Crippen molar-refractivity contribution in [3.63, 3.8) is 0 Å². The molecule has 0 unspecified atom stereocenters. The molecule has 1 aliphatic heterocycles. The second kappa shape index (κ2) is 28.3. The quantitative estimate of drug-likeness (QED) is 0.0337. The number of unbranched alkanes of at least 4 members (excludes halogenated alkanes) is 11. The van der Waals surface area contributed by atoms with Crippen LogP contribution in [0.2, 0.25) is 0 Å². The molecule has 0 radical (unpaired) electrons. The molecule has 2 aliphatic carbocycles. The van der Waals surface area contributed by atoms with E-state index in [-0.39, 0.29) is 57.1 Å². The first kappa shape index (κ1) is 56.1. The third kappa shape index (κ3) is 15.0. The van der Waals surface area contributed by atoms with Crippen LogP contribution in [0.25, 0.3) is 10.8 Å². The van der Waals surface area contributed by atoms with Gasteiger partial charge in [-0.3, -0.25) is 4.90 Å². The molecular formula is C60H85N3O9. The Morgan fingerprint density at radius 3 is 2.29 bits per heavy atom. The molecule has 2 amide bonds. The van der Waals surface area contributed by atoms with Gasteiger partial charge in [-0.2, -0.15) is 0 Å². The lowest BCUT2D eigenvalue weighted by Crippen LogP contribution is -2.70. The highest BCUT2D eigenvalue weighted by Gasteiger charge is 2.66. The van der Waals surface area contributed by atoms with Crippen LogP contribution in [-0.2, 0) is 20.9 Å². The van der Waals surface area contributed by atoms with Gasteiger partial charge in [-0.15, -0.1) is 13.2 Å². The summed E-state index contributed by atoms with van der Waals surface area (Å²) in [5, 5.41) is 30.1. The Morgan fingerprint density at radius 1 is 0.875 bits per heavy atom. The molecule has 394 valence electrons. The lowest BCUT2D eigenvalue weighted by atomic mass is 9.55. The van der Waals surface area contributed by atoms with Crippen LogP contribution in [0, 0.1) is 17.8 Å². The fourth-order valence-electron chi connectivity index (χ4n) is 11.1. The van der Waals surface area contributed by atoms with Gasteiger partial charge in [0.1, 0.15) is 23.1 Å². The molecule has 0 spiro atoms. The third-order valence-corrected chi connectivity index (χ3v) is 14.5. The van der Waals surface area contributed by atoms with E-state index in [0.29, 0.717) is 43.0 Å². The SMILES string of the molecule is C=CCCOC(=O)N(Cc1cccc2ccccc12)[C@H]1CC(=NOC(C)(C)C)C2=C[C@H](CCCCO)[C@@H](CCCCO)[C@@H]3c4cc(OC(=O)NCCCCCCCCCCCC)ccc4O[C@@]1(OCC=C)[C@H]23. The number of benzene rings is 3. The highest BCUT2D eigenvalue weighted by molar-refractivity contribution is 6.03. The average Bonchev–Trinajstić information content (AvgIpc) is 3.37. The Balaban J connectivity index is 1.45. The van der Waals surface area contributed by atoms with Crippen molar-refractivity contribution in [2.45, 2.75) is 173 Å². The van der Waals surface area contributed by atoms with Gasteiger partial charge in [0.25, 0.3) is 0 Å². The number of hydrogen-bond donors (Lipinski definition) is 3. The number of hydrogen-bond acceptors (Lipinski definition) is 10. The third-order valence-electron chi connectivity index (χ3n) is 14.5. The predicted octanol–water partition coefficient (Wildman–Crippen LogP) is 13.5. The van der Waals surface area contributed by atoms with Crippen molar-refractivity contribution in [2.24, 2.45) is 22.9 Å². The first-order valence-corrected chi connectivity index (χ1v) is 27.2. The fraction of sp³-hybridized carbons (Fsp3) is 0.583. The van der Waals surface area contributed by atoms with Gasteiger partial charge in [0.2, 0.25) is 5.79 Å². The number of aliphatic hydroxyl groups is 2. The number of carbonyl (C=O) groups is 2. The largest absolute Gasteiger partial charge is 0.459 e. The van der Waals surface area contributed by atoms with Crippen LogP contribution < -0.4 is 14.8 Å². The van der Waals surface area contributed by atoms with E-state index in [1.807, 2.05) is 57.2 Å². The molecule has 0 saturated heterocycles. The van der Waals surface area contributed by atoms with Crippen molar-refractivity contribution in [1.29, 1.82) is 0 Å². The molecule has 1 fully saturated rings. The van der Waals surface area contributed by atoms with Crippen LogP contribution in [0.4, 0.5) is 9.59 Å². The number of nitrogens with zero attached hydrogens (tertiary/aromatic N) is 2. The van der Waals surface area contributed by atoms with E-state index in [0.717, 1.165) is 72.4 Å². The number of rotatable bonds is 30. The molecule has 3 aromatic carbocycles. The molecule has 0 aromatic heterocycles. The average molecular weight is 992 g/mol. The van der Waals surface area contributed by atoms with E-state index < -0.39 is 35.5 Å².